The molecule has 26 heavy (non-hydrogen) atoms. The third kappa shape index (κ3) is 4.43. The zero-order valence-electron chi connectivity index (χ0n) is 15.2. The number of anilines is 4. The number of benzene rings is 1. The fourth-order valence-electron chi connectivity index (χ4n) is 3.69. The summed E-state index contributed by atoms with van der Waals surface area (Å²) >= 11 is 0. The van der Waals surface area contributed by atoms with Crippen molar-refractivity contribution in [3.8, 4) is 0 Å². The number of aromatic nitrogens is 2. The van der Waals surface area contributed by atoms with Crippen LogP contribution in [0, 0.1) is 0 Å². The van der Waals surface area contributed by atoms with Gasteiger partial charge in [-0.2, -0.15) is 0 Å². The number of hydrogen-bond donors (Lipinski definition) is 2. The predicted molar refractivity (Wildman–Crippen MR) is 105 cm³/mol. The summed E-state index contributed by atoms with van der Waals surface area (Å²) in [5.74, 6) is 1.72. The molecule has 1 aromatic heterocycles. The molecule has 6 nitrogen and oxygen atoms in total. The van der Waals surface area contributed by atoms with Crippen LogP contribution in [0.25, 0.3) is 0 Å². The first-order valence-electron chi connectivity index (χ1n) is 9.65. The van der Waals surface area contributed by atoms with Gasteiger partial charge in [-0.05, 0) is 37.1 Å². The van der Waals surface area contributed by atoms with Gasteiger partial charge in [0.15, 0.2) is 0 Å². The molecule has 1 aliphatic carbocycles. The molecular weight excluding hydrogens is 326 g/mol. The molecule has 6 heteroatoms. The van der Waals surface area contributed by atoms with E-state index in [1.807, 2.05) is 6.07 Å². The molecule has 1 aromatic carbocycles. The van der Waals surface area contributed by atoms with Crippen molar-refractivity contribution in [3.63, 3.8) is 0 Å². The Morgan fingerprint density at radius 3 is 2.42 bits per heavy atom. The van der Waals surface area contributed by atoms with Gasteiger partial charge in [-0.3, -0.25) is 0 Å². The van der Waals surface area contributed by atoms with Gasteiger partial charge in [-0.25, -0.2) is 9.97 Å². The third-order valence-electron chi connectivity index (χ3n) is 5.14. The van der Waals surface area contributed by atoms with Crippen LogP contribution in [-0.4, -0.2) is 42.3 Å². The second kappa shape index (κ2) is 8.36. The van der Waals surface area contributed by atoms with E-state index in [4.69, 9.17) is 4.74 Å². The van der Waals surface area contributed by atoms with Crippen LogP contribution in [0.4, 0.5) is 23.0 Å². The molecule has 1 saturated carbocycles. The lowest BCUT2D eigenvalue weighted by atomic mass is 9.95. The third-order valence-corrected chi connectivity index (χ3v) is 5.14. The molecule has 0 spiro atoms. The lowest BCUT2D eigenvalue weighted by Crippen LogP contribution is -2.36. The molecule has 0 bridgehead atoms. The zero-order valence-corrected chi connectivity index (χ0v) is 15.2. The lowest BCUT2D eigenvalue weighted by molar-refractivity contribution is 0.122. The number of morpholine rings is 1. The summed E-state index contributed by atoms with van der Waals surface area (Å²) in [5, 5.41) is 6.93. The number of nitrogens with one attached hydrogen (secondary N) is 2. The van der Waals surface area contributed by atoms with Crippen molar-refractivity contribution in [2.24, 2.45) is 0 Å². The van der Waals surface area contributed by atoms with Crippen molar-refractivity contribution in [2.45, 2.75) is 38.1 Å². The minimum absolute atomic E-state index is 0.541. The average Bonchev–Trinajstić information content (AvgIpc) is 2.70. The number of ether oxygens (including phenoxy) is 1. The minimum atomic E-state index is 0.541. The highest BCUT2D eigenvalue weighted by Gasteiger charge is 2.14. The van der Waals surface area contributed by atoms with Crippen LogP contribution in [0.2, 0.25) is 0 Å². The van der Waals surface area contributed by atoms with E-state index < -0.39 is 0 Å². The van der Waals surface area contributed by atoms with E-state index in [0.29, 0.717) is 6.04 Å². The summed E-state index contributed by atoms with van der Waals surface area (Å²) in [6, 6.07) is 11.0. The van der Waals surface area contributed by atoms with E-state index in [-0.39, 0.29) is 0 Å². The Morgan fingerprint density at radius 2 is 1.65 bits per heavy atom. The maximum atomic E-state index is 5.42. The molecule has 138 valence electrons. The van der Waals surface area contributed by atoms with Crippen LogP contribution in [0.1, 0.15) is 32.1 Å². The second-order valence-corrected chi connectivity index (χ2v) is 7.04. The Bertz CT molecular complexity index is 694. The van der Waals surface area contributed by atoms with Gasteiger partial charge < -0.3 is 20.3 Å². The Hall–Kier alpha value is -2.34. The van der Waals surface area contributed by atoms with E-state index in [9.17, 15) is 0 Å². The van der Waals surface area contributed by atoms with Crippen LogP contribution >= 0.6 is 0 Å². The van der Waals surface area contributed by atoms with E-state index in [0.717, 1.165) is 43.6 Å². The summed E-state index contributed by atoms with van der Waals surface area (Å²) in [6.07, 6.45) is 8.06. The second-order valence-electron chi connectivity index (χ2n) is 7.04. The van der Waals surface area contributed by atoms with Gasteiger partial charge >= 0.3 is 0 Å². The Balaban J connectivity index is 1.38. The van der Waals surface area contributed by atoms with Crippen molar-refractivity contribution >= 4 is 23.0 Å². The standard InChI is InChI=1S/C20H27N5O/c1-2-4-16(5-3-1)23-19-14-20(22-15-21-19)24-17-6-8-18(9-7-17)25-10-12-26-13-11-25/h6-9,14-16H,1-5,10-13H2,(H2,21,22,23,24). The van der Waals surface area contributed by atoms with Crippen LogP contribution in [-0.2, 0) is 4.74 Å². The summed E-state index contributed by atoms with van der Waals surface area (Å²) in [5.41, 5.74) is 2.27. The summed E-state index contributed by atoms with van der Waals surface area (Å²) < 4.78 is 5.42. The van der Waals surface area contributed by atoms with Gasteiger partial charge in [0.25, 0.3) is 0 Å². The molecule has 2 aliphatic rings. The molecule has 1 aliphatic heterocycles. The Morgan fingerprint density at radius 1 is 0.923 bits per heavy atom. The lowest BCUT2D eigenvalue weighted by Gasteiger charge is -2.28. The highest BCUT2D eigenvalue weighted by molar-refractivity contribution is 5.62. The van der Waals surface area contributed by atoms with Crippen molar-refractivity contribution in [3.05, 3.63) is 36.7 Å². The molecule has 2 N–H and O–H groups in total. The largest absolute Gasteiger partial charge is 0.378 e. The van der Waals surface area contributed by atoms with E-state index in [2.05, 4.69) is 49.8 Å². The smallest absolute Gasteiger partial charge is 0.135 e. The number of nitrogens with zero attached hydrogens (tertiary/aromatic N) is 3. The Labute approximate surface area is 155 Å². The van der Waals surface area contributed by atoms with E-state index >= 15 is 0 Å². The van der Waals surface area contributed by atoms with E-state index in [1.54, 1.807) is 6.33 Å². The first-order chi connectivity index (χ1) is 12.9. The van der Waals surface area contributed by atoms with Gasteiger partial charge in [0, 0.05) is 36.6 Å². The quantitative estimate of drug-likeness (QED) is 0.852. The molecule has 1 saturated heterocycles. The average molecular weight is 353 g/mol. The molecule has 0 atom stereocenters. The molecule has 2 aromatic rings. The monoisotopic (exact) mass is 353 g/mol. The maximum Gasteiger partial charge on any atom is 0.135 e. The van der Waals surface area contributed by atoms with Crippen molar-refractivity contribution in [1.82, 2.24) is 9.97 Å². The van der Waals surface area contributed by atoms with Gasteiger partial charge in [-0.15, -0.1) is 0 Å². The highest BCUT2D eigenvalue weighted by atomic mass is 16.5. The normalized spacial score (nSPS) is 18.5. The summed E-state index contributed by atoms with van der Waals surface area (Å²) in [6.45, 7) is 3.51. The first kappa shape index (κ1) is 17.1. The molecule has 0 unspecified atom stereocenters. The fraction of sp³-hybridized carbons (Fsp3) is 0.500. The van der Waals surface area contributed by atoms with Crippen molar-refractivity contribution in [2.75, 3.05) is 41.8 Å². The molecule has 4 rings (SSSR count). The first-order valence-corrected chi connectivity index (χ1v) is 9.65. The Kier molecular flexibility index (Phi) is 5.50. The number of rotatable bonds is 5. The number of hydrogen-bond acceptors (Lipinski definition) is 6. The molecule has 2 fully saturated rings. The summed E-state index contributed by atoms with van der Waals surface area (Å²) in [7, 11) is 0. The van der Waals surface area contributed by atoms with Crippen LogP contribution in [0.3, 0.4) is 0 Å². The minimum Gasteiger partial charge on any atom is -0.378 e. The van der Waals surface area contributed by atoms with Gasteiger partial charge in [-0.1, -0.05) is 19.3 Å². The highest BCUT2D eigenvalue weighted by Crippen LogP contribution is 2.24. The van der Waals surface area contributed by atoms with Gasteiger partial charge in [0.1, 0.15) is 18.0 Å². The molecular formula is C20H27N5O. The molecule has 0 radical (unpaired) electrons. The SMILES string of the molecule is c1nc(Nc2ccc(N3CCOCC3)cc2)cc(NC2CCCCC2)n1. The van der Waals surface area contributed by atoms with Crippen LogP contribution < -0.4 is 15.5 Å². The molecule has 2 heterocycles. The summed E-state index contributed by atoms with van der Waals surface area (Å²) in [4.78, 5) is 11.1. The van der Waals surface area contributed by atoms with E-state index in [1.165, 1.54) is 37.8 Å². The van der Waals surface area contributed by atoms with Crippen LogP contribution in [0.15, 0.2) is 36.7 Å². The zero-order chi connectivity index (χ0) is 17.6. The van der Waals surface area contributed by atoms with Crippen molar-refractivity contribution < 1.29 is 4.74 Å². The fourth-order valence-corrected chi connectivity index (χ4v) is 3.69. The predicted octanol–water partition coefficient (Wildman–Crippen LogP) is 3.80. The van der Waals surface area contributed by atoms with Gasteiger partial charge in [0.2, 0.25) is 0 Å². The topological polar surface area (TPSA) is 62.3 Å². The maximum absolute atomic E-state index is 5.42. The van der Waals surface area contributed by atoms with Crippen molar-refractivity contribution in [1.29, 1.82) is 0 Å². The van der Waals surface area contributed by atoms with Gasteiger partial charge in [0.05, 0.1) is 13.2 Å². The van der Waals surface area contributed by atoms with Crippen LogP contribution in [0.5, 0.6) is 0 Å². The molecule has 0 amide bonds.